The van der Waals surface area contributed by atoms with E-state index in [-0.39, 0.29) is 5.91 Å². The Balaban J connectivity index is 1.70. The second kappa shape index (κ2) is 8.25. The molecule has 0 unspecified atom stereocenters. The molecule has 0 spiro atoms. The summed E-state index contributed by atoms with van der Waals surface area (Å²) in [6, 6.07) is 19.6. The highest BCUT2D eigenvalue weighted by Crippen LogP contribution is 2.16. The minimum Gasteiger partial charge on any atom is -0.347 e. The first-order valence-corrected chi connectivity index (χ1v) is 8.68. The average molecular weight is 346 g/mol. The molecule has 5 heteroatoms. The number of carbonyl (C=O) groups is 1. The summed E-state index contributed by atoms with van der Waals surface area (Å²) in [6.07, 6.45) is 0.999. The highest BCUT2D eigenvalue weighted by molar-refractivity contribution is 5.93. The van der Waals surface area contributed by atoms with E-state index >= 15 is 0 Å². The molecule has 132 valence electrons. The summed E-state index contributed by atoms with van der Waals surface area (Å²) in [5.74, 6) is 0.931. The number of aromatic nitrogens is 2. The van der Waals surface area contributed by atoms with Crippen molar-refractivity contribution in [2.45, 2.75) is 26.8 Å². The Hall–Kier alpha value is -3.21. The minimum absolute atomic E-state index is 0.219. The zero-order chi connectivity index (χ0) is 18.4. The van der Waals surface area contributed by atoms with Gasteiger partial charge in [0.15, 0.2) is 0 Å². The van der Waals surface area contributed by atoms with Gasteiger partial charge in [-0.15, -0.1) is 0 Å². The summed E-state index contributed by atoms with van der Waals surface area (Å²) >= 11 is 0. The quantitative estimate of drug-likeness (QED) is 0.707. The predicted molar refractivity (Wildman–Crippen MR) is 103 cm³/mol. The molecule has 0 aliphatic rings. The molecule has 0 aliphatic heterocycles. The van der Waals surface area contributed by atoms with Gasteiger partial charge >= 0.3 is 0 Å². The molecule has 0 atom stereocenters. The van der Waals surface area contributed by atoms with E-state index in [0.29, 0.717) is 23.9 Å². The lowest BCUT2D eigenvalue weighted by Gasteiger charge is -2.10. The summed E-state index contributed by atoms with van der Waals surface area (Å²) in [5.41, 5.74) is 3.59. The molecule has 26 heavy (non-hydrogen) atoms. The third kappa shape index (κ3) is 4.66. The molecular formula is C21H22N4O. The first-order valence-electron chi connectivity index (χ1n) is 8.68. The molecule has 0 bridgehead atoms. The van der Waals surface area contributed by atoms with E-state index in [1.165, 1.54) is 5.56 Å². The standard InChI is InChI=1S/C21H22N4O/c1-3-16-9-11-18(12-10-16)25-20-13-19(23-15(2)24-20)21(26)22-14-17-7-5-4-6-8-17/h4-13H,3,14H2,1-2H3,(H,22,26)(H,23,24,25). The van der Waals surface area contributed by atoms with Crippen molar-refractivity contribution in [3.8, 4) is 0 Å². The van der Waals surface area contributed by atoms with Crippen LogP contribution in [0.25, 0.3) is 0 Å². The van der Waals surface area contributed by atoms with Crippen molar-refractivity contribution in [1.82, 2.24) is 15.3 Å². The summed E-state index contributed by atoms with van der Waals surface area (Å²) in [4.78, 5) is 21.1. The lowest BCUT2D eigenvalue weighted by Crippen LogP contribution is -2.24. The Kier molecular flexibility index (Phi) is 5.59. The smallest absolute Gasteiger partial charge is 0.270 e. The van der Waals surface area contributed by atoms with Gasteiger partial charge in [-0.3, -0.25) is 4.79 Å². The van der Waals surface area contributed by atoms with Crippen molar-refractivity contribution in [2.24, 2.45) is 0 Å². The molecule has 0 aliphatic carbocycles. The van der Waals surface area contributed by atoms with Crippen molar-refractivity contribution >= 4 is 17.4 Å². The van der Waals surface area contributed by atoms with Gasteiger partial charge in [0.25, 0.3) is 5.91 Å². The van der Waals surface area contributed by atoms with Crippen LogP contribution in [-0.4, -0.2) is 15.9 Å². The van der Waals surface area contributed by atoms with Gasteiger partial charge < -0.3 is 10.6 Å². The summed E-state index contributed by atoms with van der Waals surface area (Å²) in [6.45, 7) is 4.36. The molecule has 1 amide bonds. The number of nitrogens with one attached hydrogen (secondary N) is 2. The van der Waals surface area contributed by atoms with Gasteiger partial charge in [-0.1, -0.05) is 49.4 Å². The SMILES string of the molecule is CCc1ccc(Nc2cc(C(=O)NCc3ccccc3)nc(C)n2)cc1. The van der Waals surface area contributed by atoms with Gasteiger partial charge in [0, 0.05) is 18.3 Å². The zero-order valence-electron chi connectivity index (χ0n) is 15.0. The van der Waals surface area contributed by atoms with E-state index in [4.69, 9.17) is 0 Å². The molecule has 3 rings (SSSR count). The van der Waals surface area contributed by atoms with Gasteiger partial charge in [0.05, 0.1) is 0 Å². The van der Waals surface area contributed by atoms with E-state index in [1.807, 2.05) is 42.5 Å². The van der Waals surface area contributed by atoms with E-state index in [2.05, 4.69) is 39.7 Å². The molecule has 2 aromatic carbocycles. The Morgan fingerprint density at radius 2 is 1.69 bits per heavy atom. The van der Waals surface area contributed by atoms with Crippen LogP contribution in [0.4, 0.5) is 11.5 Å². The minimum atomic E-state index is -0.219. The Morgan fingerprint density at radius 3 is 2.38 bits per heavy atom. The first-order chi connectivity index (χ1) is 12.6. The number of nitrogens with zero attached hydrogens (tertiary/aromatic N) is 2. The van der Waals surface area contributed by atoms with Crippen LogP contribution in [0.2, 0.25) is 0 Å². The number of anilines is 2. The Labute approximate surface area is 153 Å². The monoisotopic (exact) mass is 346 g/mol. The van der Waals surface area contributed by atoms with Crippen molar-refractivity contribution in [3.63, 3.8) is 0 Å². The maximum atomic E-state index is 12.4. The number of aryl methyl sites for hydroxylation is 2. The Morgan fingerprint density at radius 1 is 0.962 bits per heavy atom. The molecule has 3 aromatic rings. The van der Waals surface area contributed by atoms with Gasteiger partial charge in [0.1, 0.15) is 17.3 Å². The van der Waals surface area contributed by atoms with Gasteiger partial charge in [-0.2, -0.15) is 0 Å². The van der Waals surface area contributed by atoms with Crippen LogP contribution in [0.1, 0.15) is 34.4 Å². The second-order valence-electron chi connectivity index (χ2n) is 6.03. The summed E-state index contributed by atoms with van der Waals surface area (Å²) in [5, 5.41) is 6.13. The van der Waals surface area contributed by atoms with E-state index < -0.39 is 0 Å². The molecular weight excluding hydrogens is 324 g/mol. The van der Waals surface area contributed by atoms with E-state index in [1.54, 1.807) is 13.0 Å². The maximum Gasteiger partial charge on any atom is 0.270 e. The zero-order valence-corrected chi connectivity index (χ0v) is 15.0. The number of benzene rings is 2. The van der Waals surface area contributed by atoms with Gasteiger partial charge in [-0.05, 0) is 36.6 Å². The van der Waals surface area contributed by atoms with Crippen LogP contribution in [-0.2, 0) is 13.0 Å². The third-order valence-electron chi connectivity index (χ3n) is 4.00. The van der Waals surface area contributed by atoms with Crippen molar-refractivity contribution in [1.29, 1.82) is 0 Å². The highest BCUT2D eigenvalue weighted by atomic mass is 16.1. The second-order valence-corrected chi connectivity index (χ2v) is 6.03. The maximum absolute atomic E-state index is 12.4. The number of amides is 1. The van der Waals surface area contributed by atoms with Gasteiger partial charge in [-0.25, -0.2) is 9.97 Å². The number of rotatable bonds is 6. The van der Waals surface area contributed by atoms with Crippen LogP contribution in [0.15, 0.2) is 60.7 Å². The summed E-state index contributed by atoms with van der Waals surface area (Å²) in [7, 11) is 0. The fourth-order valence-corrected chi connectivity index (χ4v) is 2.59. The van der Waals surface area contributed by atoms with Crippen LogP contribution in [0.3, 0.4) is 0 Å². The predicted octanol–water partition coefficient (Wildman–Crippen LogP) is 4.02. The highest BCUT2D eigenvalue weighted by Gasteiger charge is 2.10. The topological polar surface area (TPSA) is 66.9 Å². The van der Waals surface area contributed by atoms with Crippen molar-refractivity contribution in [2.75, 3.05) is 5.32 Å². The van der Waals surface area contributed by atoms with E-state index in [0.717, 1.165) is 17.7 Å². The Bertz CT molecular complexity index is 876. The van der Waals surface area contributed by atoms with Crippen LogP contribution in [0.5, 0.6) is 0 Å². The molecule has 0 saturated heterocycles. The average Bonchev–Trinajstić information content (AvgIpc) is 2.67. The number of hydrogen-bond acceptors (Lipinski definition) is 4. The molecule has 5 nitrogen and oxygen atoms in total. The normalized spacial score (nSPS) is 10.4. The van der Waals surface area contributed by atoms with Crippen LogP contribution >= 0.6 is 0 Å². The molecule has 0 fully saturated rings. The van der Waals surface area contributed by atoms with Gasteiger partial charge in [0.2, 0.25) is 0 Å². The van der Waals surface area contributed by atoms with Crippen LogP contribution < -0.4 is 10.6 Å². The van der Waals surface area contributed by atoms with Crippen molar-refractivity contribution < 1.29 is 4.79 Å². The van der Waals surface area contributed by atoms with E-state index in [9.17, 15) is 4.79 Å². The molecule has 0 radical (unpaired) electrons. The fraction of sp³-hybridized carbons (Fsp3) is 0.190. The molecule has 1 aromatic heterocycles. The number of hydrogen-bond donors (Lipinski definition) is 2. The molecule has 2 N–H and O–H groups in total. The van der Waals surface area contributed by atoms with Crippen LogP contribution in [0, 0.1) is 6.92 Å². The molecule has 0 saturated carbocycles. The third-order valence-corrected chi connectivity index (χ3v) is 4.00. The largest absolute Gasteiger partial charge is 0.347 e. The lowest BCUT2D eigenvalue weighted by molar-refractivity contribution is 0.0945. The first kappa shape index (κ1) is 17.6. The van der Waals surface area contributed by atoms with Crippen molar-refractivity contribution in [3.05, 3.63) is 83.3 Å². The summed E-state index contributed by atoms with van der Waals surface area (Å²) < 4.78 is 0. The molecule has 1 heterocycles. The lowest BCUT2D eigenvalue weighted by atomic mass is 10.1. The fourth-order valence-electron chi connectivity index (χ4n) is 2.59. The number of carbonyl (C=O) groups excluding carboxylic acids is 1.